The Morgan fingerprint density at radius 2 is 2.12 bits per heavy atom. The summed E-state index contributed by atoms with van der Waals surface area (Å²) in [4.78, 5) is 8.84. The second kappa shape index (κ2) is 5.98. The maximum Gasteiger partial charge on any atom is 0.161 e. The van der Waals surface area contributed by atoms with Crippen LogP contribution in [0.5, 0.6) is 0 Å². The van der Waals surface area contributed by atoms with Gasteiger partial charge in [0.25, 0.3) is 0 Å². The molecule has 0 bridgehead atoms. The molecule has 0 saturated heterocycles. The van der Waals surface area contributed by atoms with Crippen LogP contribution in [0.2, 0.25) is 5.02 Å². The molecular weight excluding hydrogens is 236 g/mol. The van der Waals surface area contributed by atoms with Crippen LogP contribution in [0.3, 0.4) is 0 Å². The van der Waals surface area contributed by atoms with Crippen molar-refractivity contribution in [3.8, 4) is 0 Å². The highest BCUT2D eigenvalue weighted by atomic mass is 35.5. The van der Waals surface area contributed by atoms with Crippen LogP contribution in [-0.2, 0) is 0 Å². The zero-order valence-electron chi connectivity index (χ0n) is 9.69. The van der Waals surface area contributed by atoms with Gasteiger partial charge in [-0.15, -0.1) is 0 Å². The van der Waals surface area contributed by atoms with Crippen molar-refractivity contribution in [2.45, 2.75) is 38.1 Å². The fourth-order valence-electron chi connectivity index (χ4n) is 2.09. The van der Waals surface area contributed by atoms with Gasteiger partial charge in [0.2, 0.25) is 0 Å². The van der Waals surface area contributed by atoms with E-state index in [-0.39, 0.29) is 0 Å². The maximum atomic E-state index is 5.80. The van der Waals surface area contributed by atoms with Crippen molar-refractivity contribution in [2.75, 3.05) is 0 Å². The number of aliphatic imine (C=N–C) groups is 1. The fraction of sp³-hybridized carbons (Fsp3) is 0.500. The molecule has 0 spiro atoms. The van der Waals surface area contributed by atoms with Crippen molar-refractivity contribution in [3.05, 3.63) is 29.0 Å². The normalized spacial score (nSPS) is 18.1. The lowest BCUT2D eigenvalue weighted by Gasteiger charge is -2.18. The summed E-state index contributed by atoms with van der Waals surface area (Å²) in [7, 11) is 0. The Balaban J connectivity index is 2.14. The van der Waals surface area contributed by atoms with E-state index in [9.17, 15) is 0 Å². The lowest BCUT2D eigenvalue weighted by molar-refractivity contribution is 0.442. The number of hydrogen-bond donors (Lipinski definition) is 2. The third-order valence-corrected chi connectivity index (χ3v) is 3.22. The van der Waals surface area contributed by atoms with E-state index < -0.39 is 0 Å². The Morgan fingerprint density at radius 1 is 1.35 bits per heavy atom. The highest BCUT2D eigenvalue weighted by Gasteiger charge is 2.14. The quantitative estimate of drug-likeness (QED) is 0.367. The highest BCUT2D eigenvalue weighted by molar-refractivity contribution is 6.30. The van der Waals surface area contributed by atoms with Crippen molar-refractivity contribution in [1.29, 1.82) is 0 Å². The average Bonchev–Trinajstić information content (AvgIpc) is 2.38. The van der Waals surface area contributed by atoms with Gasteiger partial charge in [0, 0.05) is 6.20 Å². The number of pyridine rings is 1. The third kappa shape index (κ3) is 3.41. The molecule has 92 valence electrons. The Morgan fingerprint density at radius 3 is 2.71 bits per heavy atom. The standard InChI is InChI=1S/C12H17ClN4/c13-9-6-7-11(15-8-9)12(17-14)16-10-4-2-1-3-5-10/h6-8,10H,1-5,14H2,(H,16,17). The Labute approximate surface area is 106 Å². The molecule has 2 rings (SSSR count). The molecule has 0 atom stereocenters. The van der Waals surface area contributed by atoms with E-state index in [0.29, 0.717) is 16.9 Å². The Hall–Kier alpha value is -1.13. The van der Waals surface area contributed by atoms with Crippen LogP contribution in [0.15, 0.2) is 23.3 Å². The van der Waals surface area contributed by atoms with E-state index >= 15 is 0 Å². The summed E-state index contributed by atoms with van der Waals surface area (Å²) in [6.45, 7) is 0. The van der Waals surface area contributed by atoms with E-state index in [4.69, 9.17) is 17.4 Å². The van der Waals surface area contributed by atoms with Crippen molar-refractivity contribution in [1.82, 2.24) is 10.4 Å². The molecule has 0 aromatic carbocycles. The van der Waals surface area contributed by atoms with Crippen LogP contribution in [0.1, 0.15) is 37.8 Å². The van der Waals surface area contributed by atoms with E-state index in [0.717, 1.165) is 18.5 Å². The van der Waals surface area contributed by atoms with Crippen molar-refractivity contribution < 1.29 is 0 Å². The monoisotopic (exact) mass is 252 g/mol. The lowest BCUT2D eigenvalue weighted by atomic mass is 9.96. The van der Waals surface area contributed by atoms with Crippen molar-refractivity contribution in [2.24, 2.45) is 10.8 Å². The molecule has 1 heterocycles. The summed E-state index contributed by atoms with van der Waals surface area (Å²) in [6.07, 6.45) is 7.69. The number of aromatic nitrogens is 1. The van der Waals surface area contributed by atoms with Gasteiger partial charge in [-0.05, 0) is 25.0 Å². The fourth-order valence-corrected chi connectivity index (χ4v) is 2.20. The van der Waals surface area contributed by atoms with Crippen molar-refractivity contribution in [3.63, 3.8) is 0 Å². The predicted molar refractivity (Wildman–Crippen MR) is 70.0 cm³/mol. The Bertz CT molecular complexity index is 382. The van der Waals surface area contributed by atoms with Crippen LogP contribution in [0.4, 0.5) is 0 Å². The third-order valence-electron chi connectivity index (χ3n) is 2.99. The number of hydrogen-bond acceptors (Lipinski definition) is 3. The lowest BCUT2D eigenvalue weighted by Crippen LogP contribution is -2.33. The second-order valence-electron chi connectivity index (χ2n) is 4.28. The molecule has 0 amide bonds. The molecule has 5 heteroatoms. The molecule has 1 aromatic heterocycles. The predicted octanol–water partition coefficient (Wildman–Crippen LogP) is 2.28. The van der Waals surface area contributed by atoms with Gasteiger partial charge in [-0.3, -0.25) is 9.98 Å². The minimum absolute atomic E-state index is 0.368. The number of rotatable bonds is 2. The number of nitrogens with one attached hydrogen (secondary N) is 1. The zero-order chi connectivity index (χ0) is 12.1. The molecule has 0 unspecified atom stereocenters. The molecule has 1 saturated carbocycles. The van der Waals surface area contributed by atoms with Crippen LogP contribution in [0.25, 0.3) is 0 Å². The van der Waals surface area contributed by atoms with Crippen molar-refractivity contribution >= 4 is 17.4 Å². The van der Waals surface area contributed by atoms with Crippen LogP contribution in [0, 0.1) is 0 Å². The van der Waals surface area contributed by atoms with E-state index in [2.05, 4.69) is 15.4 Å². The molecule has 1 aliphatic carbocycles. The Kier molecular flexibility index (Phi) is 4.34. The van der Waals surface area contributed by atoms with Gasteiger partial charge in [0.1, 0.15) is 5.69 Å². The average molecular weight is 253 g/mol. The number of halogens is 1. The zero-order valence-corrected chi connectivity index (χ0v) is 10.5. The topological polar surface area (TPSA) is 63.3 Å². The first-order valence-electron chi connectivity index (χ1n) is 5.96. The van der Waals surface area contributed by atoms with Gasteiger partial charge in [-0.1, -0.05) is 30.9 Å². The smallest absolute Gasteiger partial charge is 0.161 e. The van der Waals surface area contributed by atoms with Gasteiger partial charge in [0.05, 0.1) is 11.1 Å². The largest absolute Gasteiger partial charge is 0.307 e. The number of nitrogens with two attached hydrogens (primary N) is 1. The van der Waals surface area contributed by atoms with Gasteiger partial charge in [0.15, 0.2) is 5.84 Å². The van der Waals surface area contributed by atoms with E-state index in [1.54, 1.807) is 12.3 Å². The summed E-state index contributed by atoms with van der Waals surface area (Å²) < 4.78 is 0. The van der Waals surface area contributed by atoms with Crippen LogP contribution >= 0.6 is 11.6 Å². The maximum absolute atomic E-state index is 5.80. The van der Waals surface area contributed by atoms with Gasteiger partial charge < -0.3 is 5.43 Å². The van der Waals surface area contributed by atoms with E-state index in [1.807, 2.05) is 6.07 Å². The van der Waals surface area contributed by atoms with E-state index in [1.165, 1.54) is 19.3 Å². The molecular formula is C12H17ClN4. The highest BCUT2D eigenvalue weighted by Crippen LogP contribution is 2.20. The number of hydrazine groups is 1. The summed E-state index contributed by atoms with van der Waals surface area (Å²) >= 11 is 5.80. The first-order valence-corrected chi connectivity index (χ1v) is 6.34. The number of amidine groups is 1. The summed E-state index contributed by atoms with van der Waals surface area (Å²) in [5.41, 5.74) is 3.37. The van der Waals surface area contributed by atoms with Gasteiger partial charge >= 0.3 is 0 Å². The van der Waals surface area contributed by atoms with Crippen LogP contribution in [-0.4, -0.2) is 16.9 Å². The molecule has 3 N–H and O–H groups in total. The molecule has 0 radical (unpaired) electrons. The first kappa shape index (κ1) is 12.3. The molecule has 0 aliphatic heterocycles. The first-order chi connectivity index (χ1) is 8.29. The summed E-state index contributed by atoms with van der Waals surface area (Å²) in [6, 6.07) is 3.98. The van der Waals surface area contributed by atoms with Crippen LogP contribution < -0.4 is 11.3 Å². The SMILES string of the molecule is NNC(=NC1CCCCC1)c1ccc(Cl)cn1. The molecule has 1 fully saturated rings. The minimum atomic E-state index is 0.368. The minimum Gasteiger partial charge on any atom is -0.307 e. The summed E-state index contributed by atoms with van der Waals surface area (Å²) in [5, 5.41) is 0.614. The van der Waals surface area contributed by atoms with Gasteiger partial charge in [-0.25, -0.2) is 5.84 Å². The molecule has 1 aromatic rings. The molecule has 4 nitrogen and oxygen atoms in total. The summed E-state index contributed by atoms with van der Waals surface area (Å²) in [5.74, 6) is 6.15. The molecule has 17 heavy (non-hydrogen) atoms. The van der Waals surface area contributed by atoms with Gasteiger partial charge in [-0.2, -0.15) is 0 Å². The second-order valence-corrected chi connectivity index (χ2v) is 4.71. The number of nitrogens with zero attached hydrogens (tertiary/aromatic N) is 2. The molecule has 1 aliphatic rings.